The van der Waals surface area contributed by atoms with Crippen LogP contribution in [0.3, 0.4) is 0 Å². The van der Waals surface area contributed by atoms with E-state index < -0.39 is 0 Å². The van der Waals surface area contributed by atoms with Gasteiger partial charge in [0.2, 0.25) is 0 Å². The van der Waals surface area contributed by atoms with E-state index >= 15 is 0 Å². The molecule has 19 heavy (non-hydrogen) atoms. The molecule has 2 heteroatoms. The van der Waals surface area contributed by atoms with Gasteiger partial charge in [-0.05, 0) is 52.2 Å². The van der Waals surface area contributed by atoms with Gasteiger partial charge < -0.3 is 5.32 Å². The number of piperidine rings is 1. The van der Waals surface area contributed by atoms with Crippen molar-refractivity contribution in [2.75, 3.05) is 19.6 Å². The third-order valence-corrected chi connectivity index (χ3v) is 4.51. The molecule has 0 spiro atoms. The maximum Gasteiger partial charge on any atom is 0.0246 e. The van der Waals surface area contributed by atoms with E-state index in [9.17, 15) is 0 Å². The predicted octanol–water partition coefficient (Wildman–Crippen LogP) is 4.20. The Kier molecular flexibility index (Phi) is 9.54. The molecule has 2 unspecified atom stereocenters. The number of unbranched alkanes of at least 4 members (excludes halogenated alkanes) is 4. The molecular weight excluding hydrogens is 232 g/mol. The maximum atomic E-state index is 3.70. The maximum absolute atomic E-state index is 3.70. The van der Waals surface area contributed by atoms with Crippen LogP contribution in [-0.2, 0) is 0 Å². The second-order valence-electron chi connectivity index (χ2n) is 6.26. The summed E-state index contributed by atoms with van der Waals surface area (Å²) in [5, 5.41) is 3.70. The lowest BCUT2D eigenvalue weighted by atomic mass is 9.96. The zero-order valence-electron chi connectivity index (χ0n) is 13.6. The normalized spacial score (nSPS) is 22.6. The van der Waals surface area contributed by atoms with Crippen molar-refractivity contribution in [2.24, 2.45) is 0 Å². The van der Waals surface area contributed by atoms with E-state index in [1.165, 1.54) is 77.4 Å². The fraction of sp³-hybridized carbons (Fsp3) is 1.00. The van der Waals surface area contributed by atoms with Crippen LogP contribution in [0.1, 0.15) is 78.6 Å². The van der Waals surface area contributed by atoms with Crippen molar-refractivity contribution < 1.29 is 0 Å². The van der Waals surface area contributed by atoms with Crippen LogP contribution in [-0.4, -0.2) is 36.6 Å². The molecule has 0 aliphatic carbocycles. The number of nitrogens with zero attached hydrogens (tertiary/aromatic N) is 1. The first kappa shape index (κ1) is 17.0. The molecule has 1 saturated heterocycles. The lowest BCUT2D eigenvalue weighted by Gasteiger charge is -2.39. The predicted molar refractivity (Wildman–Crippen MR) is 85.7 cm³/mol. The molecular formula is C17H36N2. The summed E-state index contributed by atoms with van der Waals surface area (Å²) >= 11 is 0. The highest BCUT2D eigenvalue weighted by Crippen LogP contribution is 2.20. The largest absolute Gasteiger partial charge is 0.313 e. The summed E-state index contributed by atoms with van der Waals surface area (Å²) in [6.45, 7) is 10.8. The second-order valence-corrected chi connectivity index (χ2v) is 6.26. The van der Waals surface area contributed by atoms with Crippen LogP contribution >= 0.6 is 0 Å². The average Bonchev–Trinajstić information content (AvgIpc) is 2.45. The van der Waals surface area contributed by atoms with Crippen molar-refractivity contribution >= 4 is 0 Å². The van der Waals surface area contributed by atoms with Crippen molar-refractivity contribution in [1.82, 2.24) is 10.2 Å². The van der Waals surface area contributed by atoms with Gasteiger partial charge in [-0.1, -0.05) is 46.0 Å². The van der Waals surface area contributed by atoms with Crippen LogP contribution in [0.25, 0.3) is 0 Å². The van der Waals surface area contributed by atoms with E-state index in [1.807, 2.05) is 0 Å². The van der Waals surface area contributed by atoms with E-state index in [1.54, 1.807) is 0 Å². The van der Waals surface area contributed by atoms with Crippen LogP contribution in [0, 0.1) is 0 Å². The third-order valence-electron chi connectivity index (χ3n) is 4.51. The average molecular weight is 268 g/mol. The summed E-state index contributed by atoms with van der Waals surface area (Å²) in [7, 11) is 0. The van der Waals surface area contributed by atoms with Gasteiger partial charge in [-0.25, -0.2) is 0 Å². The van der Waals surface area contributed by atoms with Crippen molar-refractivity contribution in [2.45, 2.75) is 90.6 Å². The zero-order valence-corrected chi connectivity index (χ0v) is 13.6. The summed E-state index contributed by atoms with van der Waals surface area (Å²) in [5.41, 5.74) is 0. The van der Waals surface area contributed by atoms with Crippen molar-refractivity contribution in [3.63, 3.8) is 0 Å². The van der Waals surface area contributed by atoms with Gasteiger partial charge in [-0.2, -0.15) is 0 Å². The Hall–Kier alpha value is -0.0800. The Balaban J connectivity index is 2.26. The summed E-state index contributed by atoms with van der Waals surface area (Å²) in [6.07, 6.45) is 12.5. The van der Waals surface area contributed by atoms with E-state index in [4.69, 9.17) is 0 Å². The first-order valence-corrected chi connectivity index (χ1v) is 8.77. The second kappa shape index (κ2) is 10.7. The van der Waals surface area contributed by atoms with E-state index in [0.29, 0.717) is 6.04 Å². The SMILES string of the molecule is CCCCCCCN1CCCCC1C(C)NCCC. The molecule has 114 valence electrons. The van der Waals surface area contributed by atoms with Gasteiger partial charge in [0.05, 0.1) is 0 Å². The topological polar surface area (TPSA) is 15.3 Å². The molecule has 0 radical (unpaired) electrons. The zero-order chi connectivity index (χ0) is 13.9. The minimum absolute atomic E-state index is 0.663. The molecule has 0 bridgehead atoms. The van der Waals surface area contributed by atoms with Crippen LogP contribution in [0.5, 0.6) is 0 Å². The number of hydrogen-bond acceptors (Lipinski definition) is 2. The Morgan fingerprint density at radius 3 is 2.58 bits per heavy atom. The fourth-order valence-corrected chi connectivity index (χ4v) is 3.29. The Morgan fingerprint density at radius 1 is 1.05 bits per heavy atom. The van der Waals surface area contributed by atoms with Gasteiger partial charge in [0, 0.05) is 12.1 Å². The molecule has 1 fully saturated rings. The highest BCUT2D eigenvalue weighted by atomic mass is 15.2. The minimum atomic E-state index is 0.663. The molecule has 2 atom stereocenters. The lowest BCUT2D eigenvalue weighted by molar-refractivity contribution is 0.117. The molecule has 0 aromatic rings. The highest BCUT2D eigenvalue weighted by Gasteiger charge is 2.26. The van der Waals surface area contributed by atoms with Gasteiger partial charge in [-0.15, -0.1) is 0 Å². The van der Waals surface area contributed by atoms with Gasteiger partial charge >= 0.3 is 0 Å². The molecule has 0 saturated carbocycles. The molecule has 1 aliphatic rings. The van der Waals surface area contributed by atoms with Crippen LogP contribution in [0.15, 0.2) is 0 Å². The quantitative estimate of drug-likeness (QED) is 0.597. The van der Waals surface area contributed by atoms with Crippen LogP contribution < -0.4 is 5.32 Å². The van der Waals surface area contributed by atoms with E-state index in [0.717, 1.165) is 6.04 Å². The number of hydrogen-bond donors (Lipinski definition) is 1. The minimum Gasteiger partial charge on any atom is -0.313 e. The van der Waals surface area contributed by atoms with Gasteiger partial charge in [0.1, 0.15) is 0 Å². The lowest BCUT2D eigenvalue weighted by Crippen LogP contribution is -2.51. The molecule has 1 aliphatic heterocycles. The van der Waals surface area contributed by atoms with Crippen LogP contribution in [0.4, 0.5) is 0 Å². The summed E-state index contributed by atoms with van der Waals surface area (Å²) in [6, 6.07) is 1.45. The number of nitrogens with one attached hydrogen (secondary N) is 1. The molecule has 1 heterocycles. The monoisotopic (exact) mass is 268 g/mol. The smallest absolute Gasteiger partial charge is 0.0246 e. The number of rotatable bonds is 10. The molecule has 2 nitrogen and oxygen atoms in total. The molecule has 0 amide bonds. The molecule has 1 N–H and O–H groups in total. The van der Waals surface area contributed by atoms with Gasteiger partial charge in [0.25, 0.3) is 0 Å². The first-order chi connectivity index (χ1) is 9.29. The Labute approximate surface area is 121 Å². The van der Waals surface area contributed by atoms with Crippen molar-refractivity contribution in [1.29, 1.82) is 0 Å². The standard InChI is InChI=1S/C17H36N2/c1-4-6-7-8-10-14-19-15-11-9-12-17(19)16(3)18-13-5-2/h16-18H,4-15H2,1-3H3. The van der Waals surface area contributed by atoms with Crippen molar-refractivity contribution in [3.8, 4) is 0 Å². The number of likely N-dealkylation sites (tertiary alicyclic amines) is 1. The fourth-order valence-electron chi connectivity index (χ4n) is 3.29. The third kappa shape index (κ3) is 6.76. The highest BCUT2D eigenvalue weighted by molar-refractivity contribution is 4.84. The Bertz CT molecular complexity index is 205. The van der Waals surface area contributed by atoms with E-state index in [2.05, 4.69) is 31.0 Å². The summed E-state index contributed by atoms with van der Waals surface area (Å²) < 4.78 is 0. The van der Waals surface area contributed by atoms with Crippen LogP contribution in [0.2, 0.25) is 0 Å². The van der Waals surface area contributed by atoms with E-state index in [-0.39, 0.29) is 0 Å². The van der Waals surface area contributed by atoms with Gasteiger partial charge in [-0.3, -0.25) is 4.90 Å². The Morgan fingerprint density at radius 2 is 1.84 bits per heavy atom. The van der Waals surface area contributed by atoms with Gasteiger partial charge in [0.15, 0.2) is 0 Å². The molecule has 1 rings (SSSR count). The van der Waals surface area contributed by atoms with Crippen molar-refractivity contribution in [3.05, 3.63) is 0 Å². The summed E-state index contributed by atoms with van der Waals surface area (Å²) in [5.74, 6) is 0. The molecule has 0 aromatic carbocycles. The first-order valence-electron chi connectivity index (χ1n) is 8.77. The summed E-state index contributed by atoms with van der Waals surface area (Å²) in [4.78, 5) is 2.77. The molecule has 0 aromatic heterocycles.